The number of hydrogen-bond acceptors (Lipinski definition) is 2. The van der Waals surface area contributed by atoms with Crippen molar-refractivity contribution < 1.29 is 10.2 Å². The first-order valence-corrected chi connectivity index (χ1v) is 4.32. The highest BCUT2D eigenvalue weighted by molar-refractivity contribution is 5.04. The van der Waals surface area contributed by atoms with E-state index in [1.54, 1.807) is 6.08 Å². The van der Waals surface area contributed by atoms with Gasteiger partial charge in [0.25, 0.3) is 0 Å². The Morgan fingerprint density at radius 3 is 2.67 bits per heavy atom. The topological polar surface area (TPSA) is 40.5 Å². The van der Waals surface area contributed by atoms with Crippen LogP contribution in [0.25, 0.3) is 0 Å². The molecule has 2 heteroatoms. The Bertz CT molecular complexity index is 150. The van der Waals surface area contributed by atoms with Gasteiger partial charge in [-0.15, -0.1) is 0 Å². The Hall–Kier alpha value is -0.760. The largest absolute Gasteiger partial charge is 0.509 e. The fourth-order valence-corrected chi connectivity index (χ4v) is 0.965. The summed E-state index contributed by atoms with van der Waals surface area (Å²) >= 11 is 0. The molecule has 0 heterocycles. The molecule has 0 bridgehead atoms. The SMILES string of the molecule is C=C(O)/C=C/CCC(C)CCO. The maximum Gasteiger partial charge on any atom is 0.108 e. The van der Waals surface area contributed by atoms with Gasteiger partial charge >= 0.3 is 0 Å². The molecule has 2 N–H and O–H groups in total. The maximum absolute atomic E-state index is 8.70. The molecule has 0 saturated carbocycles. The lowest BCUT2D eigenvalue weighted by Gasteiger charge is -2.05. The van der Waals surface area contributed by atoms with E-state index in [0.29, 0.717) is 5.92 Å². The smallest absolute Gasteiger partial charge is 0.108 e. The van der Waals surface area contributed by atoms with Gasteiger partial charge in [-0.2, -0.15) is 0 Å². The normalized spacial score (nSPS) is 13.5. The van der Waals surface area contributed by atoms with Gasteiger partial charge in [0.1, 0.15) is 5.76 Å². The summed E-state index contributed by atoms with van der Waals surface area (Å²) in [5.74, 6) is 0.649. The third-order valence-corrected chi connectivity index (χ3v) is 1.76. The summed E-state index contributed by atoms with van der Waals surface area (Å²) in [5, 5.41) is 17.3. The second-order valence-electron chi connectivity index (χ2n) is 3.09. The summed E-state index contributed by atoms with van der Waals surface area (Å²) in [6.45, 7) is 5.71. The van der Waals surface area contributed by atoms with Crippen LogP contribution < -0.4 is 0 Å². The Morgan fingerprint density at radius 1 is 1.50 bits per heavy atom. The predicted molar refractivity (Wildman–Crippen MR) is 51.0 cm³/mol. The zero-order valence-electron chi connectivity index (χ0n) is 7.66. The molecule has 70 valence electrons. The first kappa shape index (κ1) is 11.2. The lowest BCUT2D eigenvalue weighted by molar-refractivity contribution is 0.259. The van der Waals surface area contributed by atoms with E-state index in [2.05, 4.69) is 13.5 Å². The average Bonchev–Trinajstić information content (AvgIpc) is 1.98. The Labute approximate surface area is 74.2 Å². The van der Waals surface area contributed by atoms with Crippen LogP contribution >= 0.6 is 0 Å². The van der Waals surface area contributed by atoms with Crippen LogP contribution in [0.2, 0.25) is 0 Å². The highest BCUT2D eigenvalue weighted by atomic mass is 16.3. The molecule has 0 aliphatic heterocycles. The summed E-state index contributed by atoms with van der Waals surface area (Å²) in [6.07, 6.45) is 6.33. The van der Waals surface area contributed by atoms with Gasteiger partial charge in [0, 0.05) is 6.61 Å². The van der Waals surface area contributed by atoms with Gasteiger partial charge in [0.2, 0.25) is 0 Å². The Balaban J connectivity index is 3.36. The van der Waals surface area contributed by atoms with Gasteiger partial charge in [-0.25, -0.2) is 0 Å². The summed E-state index contributed by atoms with van der Waals surface area (Å²) in [4.78, 5) is 0. The minimum absolute atomic E-state index is 0.102. The van der Waals surface area contributed by atoms with E-state index in [1.807, 2.05) is 6.08 Å². The van der Waals surface area contributed by atoms with Gasteiger partial charge in [-0.05, 0) is 31.3 Å². The molecule has 0 radical (unpaired) electrons. The lowest BCUT2D eigenvalue weighted by atomic mass is 10.0. The van der Waals surface area contributed by atoms with Crippen LogP contribution in [0.1, 0.15) is 26.2 Å². The summed E-state index contributed by atoms with van der Waals surface area (Å²) in [6, 6.07) is 0. The van der Waals surface area contributed by atoms with Crippen molar-refractivity contribution in [1.82, 2.24) is 0 Å². The summed E-state index contributed by atoms with van der Waals surface area (Å²) in [7, 11) is 0. The molecule has 0 aliphatic carbocycles. The van der Waals surface area contributed by atoms with Crippen molar-refractivity contribution in [3.63, 3.8) is 0 Å². The van der Waals surface area contributed by atoms with Gasteiger partial charge in [-0.1, -0.05) is 19.6 Å². The lowest BCUT2D eigenvalue weighted by Crippen LogP contribution is -1.96. The molecule has 0 fully saturated rings. The van der Waals surface area contributed by atoms with Crippen LogP contribution in [0, 0.1) is 5.92 Å². The van der Waals surface area contributed by atoms with Crippen molar-refractivity contribution in [2.24, 2.45) is 5.92 Å². The van der Waals surface area contributed by atoms with E-state index >= 15 is 0 Å². The fraction of sp³-hybridized carbons (Fsp3) is 0.600. The van der Waals surface area contributed by atoms with Crippen LogP contribution in [0.15, 0.2) is 24.5 Å². The second-order valence-corrected chi connectivity index (χ2v) is 3.09. The fourth-order valence-electron chi connectivity index (χ4n) is 0.965. The van der Waals surface area contributed by atoms with E-state index in [0.717, 1.165) is 19.3 Å². The number of hydrogen-bond donors (Lipinski definition) is 2. The van der Waals surface area contributed by atoms with Crippen molar-refractivity contribution in [2.75, 3.05) is 6.61 Å². The highest BCUT2D eigenvalue weighted by Crippen LogP contribution is 2.09. The Morgan fingerprint density at radius 2 is 2.17 bits per heavy atom. The van der Waals surface area contributed by atoms with E-state index in [1.165, 1.54) is 0 Å². The molecule has 12 heavy (non-hydrogen) atoms. The van der Waals surface area contributed by atoms with Gasteiger partial charge in [0.05, 0.1) is 0 Å². The van der Waals surface area contributed by atoms with Crippen molar-refractivity contribution in [1.29, 1.82) is 0 Å². The molecule has 0 spiro atoms. The van der Waals surface area contributed by atoms with Crippen molar-refractivity contribution in [3.8, 4) is 0 Å². The number of aliphatic hydroxyl groups is 2. The predicted octanol–water partition coefficient (Wildman–Crippen LogP) is 2.41. The molecule has 2 nitrogen and oxygen atoms in total. The highest BCUT2D eigenvalue weighted by Gasteiger charge is 1.98. The van der Waals surface area contributed by atoms with Gasteiger partial charge in [-0.3, -0.25) is 0 Å². The molecular weight excluding hydrogens is 152 g/mol. The van der Waals surface area contributed by atoms with Gasteiger partial charge < -0.3 is 10.2 Å². The first-order valence-electron chi connectivity index (χ1n) is 4.32. The molecular formula is C10H18O2. The third kappa shape index (κ3) is 7.35. The second kappa shape index (κ2) is 6.92. The molecule has 1 unspecified atom stereocenters. The van der Waals surface area contributed by atoms with Crippen LogP contribution in [0.3, 0.4) is 0 Å². The molecule has 0 aromatic heterocycles. The number of rotatable bonds is 6. The first-order chi connectivity index (χ1) is 5.66. The zero-order valence-corrected chi connectivity index (χ0v) is 7.66. The molecule has 0 saturated heterocycles. The average molecular weight is 170 g/mol. The van der Waals surface area contributed by atoms with E-state index in [4.69, 9.17) is 10.2 Å². The monoisotopic (exact) mass is 170 g/mol. The quantitative estimate of drug-likeness (QED) is 0.474. The zero-order chi connectivity index (χ0) is 9.40. The van der Waals surface area contributed by atoms with Crippen molar-refractivity contribution >= 4 is 0 Å². The van der Waals surface area contributed by atoms with Crippen LogP contribution in [-0.2, 0) is 0 Å². The van der Waals surface area contributed by atoms with Crippen LogP contribution in [0.5, 0.6) is 0 Å². The minimum atomic E-state index is 0.102. The van der Waals surface area contributed by atoms with E-state index < -0.39 is 0 Å². The molecule has 0 aromatic rings. The Kier molecular flexibility index (Phi) is 6.48. The third-order valence-electron chi connectivity index (χ3n) is 1.76. The molecule has 0 aromatic carbocycles. The van der Waals surface area contributed by atoms with Crippen molar-refractivity contribution in [2.45, 2.75) is 26.2 Å². The standard InChI is InChI=1S/C10H18O2/c1-9(7-8-11)5-3-4-6-10(2)12/h4,6,9,11-12H,2-3,5,7-8H2,1H3/b6-4+. The molecule has 0 rings (SSSR count). The number of aliphatic hydroxyl groups excluding tert-OH is 2. The van der Waals surface area contributed by atoms with Crippen LogP contribution in [0.4, 0.5) is 0 Å². The van der Waals surface area contributed by atoms with E-state index in [-0.39, 0.29) is 12.4 Å². The maximum atomic E-state index is 8.70. The number of allylic oxidation sites excluding steroid dienone is 2. The minimum Gasteiger partial charge on any atom is -0.509 e. The summed E-state index contributed by atoms with van der Waals surface area (Å²) < 4.78 is 0. The molecule has 0 amide bonds. The van der Waals surface area contributed by atoms with Crippen LogP contribution in [-0.4, -0.2) is 16.8 Å². The van der Waals surface area contributed by atoms with Gasteiger partial charge in [0.15, 0.2) is 0 Å². The molecule has 1 atom stereocenters. The van der Waals surface area contributed by atoms with E-state index in [9.17, 15) is 0 Å². The van der Waals surface area contributed by atoms with Crippen molar-refractivity contribution in [3.05, 3.63) is 24.5 Å². The molecule has 0 aliphatic rings. The summed E-state index contributed by atoms with van der Waals surface area (Å²) in [5.41, 5.74) is 0.